The highest BCUT2D eigenvalue weighted by Crippen LogP contribution is 2.32. The smallest absolute Gasteiger partial charge is 0.303 e. The Morgan fingerprint density at radius 2 is 2.05 bits per heavy atom. The number of hydrogen-bond donors (Lipinski definition) is 0. The highest BCUT2D eigenvalue weighted by Gasteiger charge is 2.35. The molecule has 0 spiro atoms. The molecule has 1 aromatic carbocycles. The number of rotatable bonds is 3. The Bertz CT molecular complexity index is 834. The molecular formula is C14H15BrN3O2S+. The molecule has 0 aliphatic heterocycles. The second-order valence-corrected chi connectivity index (χ2v) is 7.85. The minimum Gasteiger partial charge on any atom is -0.303 e. The van der Waals surface area contributed by atoms with Gasteiger partial charge in [-0.2, -0.15) is 0 Å². The van der Waals surface area contributed by atoms with Crippen LogP contribution in [0.4, 0.5) is 0 Å². The van der Waals surface area contributed by atoms with Gasteiger partial charge in [-0.05, 0) is 32.0 Å². The maximum Gasteiger partial charge on any atom is 0.395 e. The van der Waals surface area contributed by atoms with Gasteiger partial charge in [0.1, 0.15) is 5.82 Å². The summed E-state index contributed by atoms with van der Waals surface area (Å²) in [5, 5.41) is -1.12. The molecule has 21 heavy (non-hydrogen) atoms. The van der Waals surface area contributed by atoms with Gasteiger partial charge in [-0.3, -0.25) is 0 Å². The summed E-state index contributed by atoms with van der Waals surface area (Å²) >= 11 is 3.35. The number of aryl methyl sites for hydroxylation is 2. The largest absolute Gasteiger partial charge is 0.395 e. The average molecular weight is 369 g/mol. The lowest BCUT2D eigenvalue weighted by Gasteiger charge is -2.11. The van der Waals surface area contributed by atoms with E-state index in [9.17, 15) is 8.42 Å². The van der Waals surface area contributed by atoms with E-state index in [1.54, 1.807) is 6.07 Å². The van der Waals surface area contributed by atoms with Crippen molar-refractivity contribution in [2.24, 2.45) is 0 Å². The Kier molecular flexibility index (Phi) is 4.21. The normalized spacial score (nSPS) is 12.9. The van der Waals surface area contributed by atoms with Crippen LogP contribution in [0.5, 0.6) is 0 Å². The van der Waals surface area contributed by atoms with E-state index in [0.717, 1.165) is 22.2 Å². The predicted octanol–water partition coefficient (Wildman–Crippen LogP) is 3.26. The van der Waals surface area contributed by atoms with E-state index in [1.165, 1.54) is 0 Å². The monoisotopic (exact) mass is 368 g/mol. The molecule has 2 aromatic rings. The molecule has 1 unspecified atom stereocenters. The molecule has 5 nitrogen and oxygen atoms in total. The third kappa shape index (κ3) is 3.17. The van der Waals surface area contributed by atoms with Crippen LogP contribution >= 0.6 is 15.9 Å². The summed E-state index contributed by atoms with van der Waals surface area (Å²) in [6.45, 7) is 9.07. The number of imidazole rings is 1. The molecule has 0 fully saturated rings. The van der Waals surface area contributed by atoms with E-state index in [4.69, 9.17) is 6.57 Å². The second-order valence-electron chi connectivity index (χ2n) is 4.83. The fraction of sp³-hybridized carbons (Fsp3) is 0.286. The molecular weight excluding hydrogens is 354 g/mol. The Balaban J connectivity index is 2.75. The minimum absolute atomic E-state index is 0.509. The third-order valence-corrected chi connectivity index (χ3v) is 4.74. The Hall–Kier alpha value is -1.65. The van der Waals surface area contributed by atoms with Crippen molar-refractivity contribution in [2.45, 2.75) is 19.2 Å². The van der Waals surface area contributed by atoms with Crippen molar-refractivity contribution in [2.75, 3.05) is 6.26 Å². The maximum absolute atomic E-state index is 11.9. The molecule has 0 bridgehead atoms. The van der Waals surface area contributed by atoms with Crippen molar-refractivity contribution in [1.82, 2.24) is 9.55 Å². The third-order valence-electron chi connectivity index (χ3n) is 3.06. The first-order valence-corrected chi connectivity index (χ1v) is 8.90. The summed E-state index contributed by atoms with van der Waals surface area (Å²) < 4.78 is 26.5. The molecule has 0 aliphatic rings. The lowest BCUT2D eigenvalue weighted by Crippen LogP contribution is -2.11. The molecule has 1 atom stereocenters. The maximum atomic E-state index is 11.9. The molecule has 0 N–H and O–H groups in total. The molecule has 1 aromatic heterocycles. The molecule has 0 amide bonds. The van der Waals surface area contributed by atoms with E-state index < -0.39 is 15.2 Å². The molecule has 0 saturated carbocycles. The van der Waals surface area contributed by atoms with E-state index >= 15 is 0 Å². The number of hydrogen-bond acceptors (Lipinski definition) is 3. The quantitative estimate of drug-likeness (QED) is 0.835. The molecule has 110 valence electrons. The summed E-state index contributed by atoms with van der Waals surface area (Å²) in [7, 11) is -3.47. The van der Waals surface area contributed by atoms with Gasteiger partial charge < -0.3 is 4.57 Å². The Labute approximate surface area is 132 Å². The van der Waals surface area contributed by atoms with Crippen LogP contribution in [-0.2, 0) is 9.84 Å². The van der Waals surface area contributed by atoms with Crippen LogP contribution in [-0.4, -0.2) is 24.2 Å². The van der Waals surface area contributed by atoms with Gasteiger partial charge in [0.15, 0.2) is 0 Å². The summed E-state index contributed by atoms with van der Waals surface area (Å²) in [6, 6.07) is 5.37. The summed E-state index contributed by atoms with van der Waals surface area (Å²) in [5.41, 5.74) is 2.05. The first kappa shape index (κ1) is 15.7. The molecule has 0 radical (unpaired) electrons. The minimum atomic E-state index is -3.47. The summed E-state index contributed by atoms with van der Waals surface area (Å²) in [5.74, 6) is 0.764. The summed E-state index contributed by atoms with van der Waals surface area (Å²) in [4.78, 5) is 7.89. The fourth-order valence-corrected chi connectivity index (χ4v) is 3.48. The predicted molar refractivity (Wildman–Crippen MR) is 86.6 cm³/mol. The van der Waals surface area contributed by atoms with Gasteiger partial charge in [-0.15, -0.1) is 0 Å². The van der Waals surface area contributed by atoms with Crippen LogP contribution in [0.3, 0.4) is 0 Å². The fourth-order valence-electron chi connectivity index (χ4n) is 2.23. The van der Waals surface area contributed by atoms with Gasteiger partial charge in [0.25, 0.3) is 6.57 Å². The zero-order valence-corrected chi connectivity index (χ0v) is 14.3. The molecule has 1 heterocycles. The van der Waals surface area contributed by atoms with Crippen molar-refractivity contribution >= 4 is 25.8 Å². The zero-order chi connectivity index (χ0) is 15.8. The van der Waals surface area contributed by atoms with E-state index in [0.29, 0.717) is 11.3 Å². The van der Waals surface area contributed by atoms with Crippen LogP contribution in [0, 0.1) is 20.4 Å². The Morgan fingerprint density at radius 3 is 2.52 bits per heavy atom. The van der Waals surface area contributed by atoms with Crippen molar-refractivity contribution in [3.8, 4) is 12.3 Å². The van der Waals surface area contributed by atoms with Crippen molar-refractivity contribution in [3.63, 3.8) is 0 Å². The van der Waals surface area contributed by atoms with Gasteiger partial charge in [0, 0.05) is 16.9 Å². The molecule has 0 aliphatic carbocycles. The first-order chi connectivity index (χ1) is 9.74. The average Bonchev–Trinajstić information content (AvgIpc) is 2.68. The molecule has 2 rings (SSSR count). The van der Waals surface area contributed by atoms with Gasteiger partial charge in [0.2, 0.25) is 9.84 Å². The number of nitrogens with zero attached hydrogens (tertiary/aromatic N) is 3. The van der Waals surface area contributed by atoms with Crippen molar-refractivity contribution in [1.29, 1.82) is 0 Å². The summed E-state index contributed by atoms with van der Waals surface area (Å²) in [6.07, 6.45) is 2.96. The van der Waals surface area contributed by atoms with Crippen LogP contribution in [0.2, 0.25) is 0 Å². The zero-order valence-electron chi connectivity index (χ0n) is 11.9. The number of sulfone groups is 1. The Morgan fingerprint density at radius 1 is 1.38 bits per heavy atom. The van der Waals surface area contributed by atoms with Gasteiger partial charge in [-0.25, -0.2) is 13.4 Å². The van der Waals surface area contributed by atoms with Crippen LogP contribution in [0.1, 0.15) is 22.5 Å². The van der Waals surface area contributed by atoms with Crippen LogP contribution in [0.25, 0.3) is 10.5 Å². The SMILES string of the molecule is C#[N+]C(c1cc(Br)ccc1-n1cc(C)nc1C)S(C)(=O)=O. The first-order valence-electron chi connectivity index (χ1n) is 6.15. The second kappa shape index (κ2) is 5.62. The van der Waals surface area contributed by atoms with Crippen LogP contribution < -0.4 is 0 Å². The highest BCUT2D eigenvalue weighted by atomic mass is 79.9. The lowest BCUT2D eigenvalue weighted by molar-refractivity contribution is 0.596. The molecule has 7 heteroatoms. The number of aromatic nitrogens is 2. The standard InChI is InChI=1S/C14H15BrN3O2S/c1-9-8-18(10(2)17-9)13-6-5-11(15)7-12(13)14(16-3)21(4,19)20/h3,5-8,14H,1-2,4H3/q+1. The van der Waals surface area contributed by atoms with Gasteiger partial charge in [0.05, 0.1) is 16.9 Å². The van der Waals surface area contributed by atoms with E-state index in [1.807, 2.05) is 36.7 Å². The highest BCUT2D eigenvalue weighted by molar-refractivity contribution is 9.10. The molecule has 0 saturated heterocycles. The lowest BCUT2D eigenvalue weighted by atomic mass is 10.1. The van der Waals surface area contributed by atoms with E-state index in [2.05, 4.69) is 25.8 Å². The number of benzene rings is 1. The van der Waals surface area contributed by atoms with Gasteiger partial charge in [-0.1, -0.05) is 20.8 Å². The van der Waals surface area contributed by atoms with Crippen LogP contribution in [0.15, 0.2) is 28.9 Å². The van der Waals surface area contributed by atoms with E-state index in [-0.39, 0.29) is 0 Å². The number of halogens is 1. The van der Waals surface area contributed by atoms with Gasteiger partial charge >= 0.3 is 5.37 Å². The van der Waals surface area contributed by atoms with Crippen molar-refractivity contribution < 1.29 is 8.42 Å². The van der Waals surface area contributed by atoms with Crippen molar-refractivity contribution in [3.05, 3.63) is 50.8 Å². The topological polar surface area (TPSA) is 56.3 Å².